The first-order valence-electron chi connectivity index (χ1n) is 7.50. The maximum Gasteiger partial charge on any atom is 0.407 e. The van der Waals surface area contributed by atoms with Gasteiger partial charge in [0.2, 0.25) is 0 Å². The third kappa shape index (κ3) is 4.53. The Bertz CT molecular complexity index is 730. The summed E-state index contributed by atoms with van der Waals surface area (Å²) < 4.78 is 5.07. The molecule has 8 heteroatoms. The van der Waals surface area contributed by atoms with Crippen LogP contribution in [0.3, 0.4) is 0 Å². The number of aromatic nitrogens is 2. The van der Waals surface area contributed by atoms with Gasteiger partial charge in [-0.1, -0.05) is 6.07 Å². The number of fused-ring (bicyclic) bond motifs is 1. The number of hydrogen-bond donors (Lipinski definition) is 4. The Balaban J connectivity index is 2.04. The fraction of sp³-hybridized carbons (Fsp3) is 0.438. The van der Waals surface area contributed by atoms with Crippen LogP contribution in [-0.2, 0) is 4.74 Å². The molecule has 8 nitrogen and oxygen atoms in total. The van der Waals surface area contributed by atoms with Crippen molar-refractivity contribution in [3.05, 3.63) is 30.1 Å². The first-order chi connectivity index (χ1) is 11.2. The van der Waals surface area contributed by atoms with Gasteiger partial charge in [0.15, 0.2) is 0 Å². The van der Waals surface area contributed by atoms with Crippen LogP contribution in [0.25, 0.3) is 10.9 Å². The van der Waals surface area contributed by atoms with Crippen LogP contribution in [0.4, 0.5) is 10.6 Å². The molecular weight excluding hydrogens is 312 g/mol. The zero-order valence-corrected chi connectivity index (χ0v) is 13.9. The summed E-state index contributed by atoms with van der Waals surface area (Å²) in [6, 6.07) is 4.93. The highest BCUT2D eigenvalue weighted by molar-refractivity contribution is 5.88. The summed E-state index contributed by atoms with van der Waals surface area (Å²) in [4.78, 5) is 19.5. The molecule has 130 valence electrons. The van der Waals surface area contributed by atoms with E-state index in [2.05, 4.69) is 15.3 Å². The molecule has 2 rings (SSSR count). The number of amides is 1. The maximum atomic E-state index is 11.6. The highest BCUT2D eigenvalue weighted by Crippen LogP contribution is 2.23. The molecule has 0 fully saturated rings. The van der Waals surface area contributed by atoms with E-state index in [0.717, 1.165) is 0 Å². The zero-order valence-electron chi connectivity index (χ0n) is 13.9. The molecule has 0 aliphatic rings. The number of nitrogens with two attached hydrogens (primary N) is 1. The van der Waals surface area contributed by atoms with E-state index in [4.69, 9.17) is 10.5 Å². The fourth-order valence-corrected chi connectivity index (χ4v) is 2.11. The fourth-order valence-electron chi connectivity index (χ4n) is 2.11. The molecule has 2 aromatic rings. The number of anilines is 1. The summed E-state index contributed by atoms with van der Waals surface area (Å²) in [5.74, 6) is 0.287. The molecule has 0 saturated carbocycles. The normalized spacial score (nSPS) is 14.2. The number of nitrogens with one attached hydrogen (secondary N) is 1. The van der Waals surface area contributed by atoms with Crippen molar-refractivity contribution in [2.45, 2.75) is 38.6 Å². The molecule has 0 aliphatic heterocycles. The molecule has 2 unspecified atom stereocenters. The minimum atomic E-state index is -1.21. The maximum absolute atomic E-state index is 11.6. The third-order valence-electron chi connectivity index (χ3n) is 3.25. The molecule has 1 amide bonds. The molecule has 2 atom stereocenters. The monoisotopic (exact) mass is 334 g/mol. The van der Waals surface area contributed by atoms with E-state index in [-0.39, 0.29) is 12.4 Å². The number of aliphatic hydroxyl groups is 2. The summed E-state index contributed by atoms with van der Waals surface area (Å²) in [5.41, 5.74) is 6.24. The van der Waals surface area contributed by atoms with Crippen LogP contribution in [0.1, 0.15) is 32.4 Å². The highest BCUT2D eigenvalue weighted by atomic mass is 16.6. The molecule has 0 bridgehead atoms. The van der Waals surface area contributed by atoms with Gasteiger partial charge >= 0.3 is 6.09 Å². The summed E-state index contributed by atoms with van der Waals surface area (Å²) in [6.07, 6.45) is -1.72. The van der Waals surface area contributed by atoms with Crippen LogP contribution in [0.15, 0.2) is 24.5 Å². The number of hydrogen-bond acceptors (Lipinski definition) is 7. The number of carbonyl (C=O) groups excluding carboxylic acids is 1. The van der Waals surface area contributed by atoms with Gasteiger partial charge in [-0.2, -0.15) is 0 Å². The van der Waals surface area contributed by atoms with Crippen molar-refractivity contribution < 1.29 is 19.7 Å². The number of nitrogens with zero attached hydrogens (tertiary/aromatic N) is 2. The van der Waals surface area contributed by atoms with E-state index in [0.29, 0.717) is 16.5 Å². The van der Waals surface area contributed by atoms with Gasteiger partial charge in [0.1, 0.15) is 30.0 Å². The Morgan fingerprint density at radius 1 is 1.33 bits per heavy atom. The van der Waals surface area contributed by atoms with Gasteiger partial charge in [-0.05, 0) is 38.5 Å². The number of ether oxygens (including phenoxy) is 1. The lowest BCUT2D eigenvalue weighted by atomic mass is 10.0. The van der Waals surface area contributed by atoms with Gasteiger partial charge in [-0.3, -0.25) is 0 Å². The predicted octanol–water partition coefficient (Wildman–Crippen LogP) is 1.13. The average molecular weight is 334 g/mol. The molecule has 0 radical (unpaired) electrons. The van der Waals surface area contributed by atoms with Crippen molar-refractivity contribution in [1.29, 1.82) is 0 Å². The van der Waals surface area contributed by atoms with Crippen LogP contribution < -0.4 is 11.1 Å². The first kappa shape index (κ1) is 17.9. The Morgan fingerprint density at radius 3 is 2.71 bits per heavy atom. The lowest BCUT2D eigenvalue weighted by Crippen LogP contribution is -2.38. The Hall–Kier alpha value is -2.45. The second-order valence-electron chi connectivity index (χ2n) is 6.43. The van der Waals surface area contributed by atoms with Gasteiger partial charge in [-0.25, -0.2) is 14.8 Å². The van der Waals surface area contributed by atoms with E-state index < -0.39 is 23.9 Å². The van der Waals surface area contributed by atoms with Crippen LogP contribution in [-0.4, -0.2) is 44.5 Å². The second-order valence-corrected chi connectivity index (χ2v) is 6.43. The van der Waals surface area contributed by atoms with Gasteiger partial charge < -0.3 is 26.0 Å². The molecule has 0 spiro atoms. The topological polar surface area (TPSA) is 131 Å². The van der Waals surface area contributed by atoms with Crippen molar-refractivity contribution in [3.8, 4) is 0 Å². The van der Waals surface area contributed by atoms with Crippen molar-refractivity contribution in [2.24, 2.45) is 0 Å². The van der Waals surface area contributed by atoms with Gasteiger partial charge in [0.05, 0.1) is 5.52 Å². The molecule has 5 N–H and O–H groups in total. The summed E-state index contributed by atoms with van der Waals surface area (Å²) in [5, 5.41) is 23.3. The molecule has 1 aromatic carbocycles. The van der Waals surface area contributed by atoms with Crippen molar-refractivity contribution in [1.82, 2.24) is 15.3 Å². The van der Waals surface area contributed by atoms with E-state index in [9.17, 15) is 15.0 Å². The van der Waals surface area contributed by atoms with E-state index in [1.54, 1.807) is 39.0 Å². The lowest BCUT2D eigenvalue weighted by Gasteiger charge is -2.22. The van der Waals surface area contributed by atoms with Crippen LogP contribution in [0.5, 0.6) is 0 Å². The lowest BCUT2D eigenvalue weighted by molar-refractivity contribution is 0.0130. The standard InChI is InChI=1S/C16H22N4O4/c1-16(2,3)24-15(23)18-7-12(21)13(22)9-4-5-11-10(6-9)14(17)20-8-19-11/h4-6,8,12-13,21-22H,7H2,1-3H3,(H,18,23)(H2,17,19,20). The highest BCUT2D eigenvalue weighted by Gasteiger charge is 2.22. The number of nitrogen functional groups attached to an aromatic ring is 1. The molecule has 1 heterocycles. The van der Waals surface area contributed by atoms with Crippen molar-refractivity contribution in [3.63, 3.8) is 0 Å². The van der Waals surface area contributed by atoms with Gasteiger partial charge in [0.25, 0.3) is 0 Å². The van der Waals surface area contributed by atoms with Crippen LogP contribution in [0, 0.1) is 0 Å². The van der Waals surface area contributed by atoms with Crippen LogP contribution in [0.2, 0.25) is 0 Å². The second kappa shape index (κ2) is 6.98. The Labute approximate surface area is 139 Å². The quantitative estimate of drug-likeness (QED) is 0.659. The summed E-state index contributed by atoms with van der Waals surface area (Å²) in [7, 11) is 0. The molecular formula is C16H22N4O4. The largest absolute Gasteiger partial charge is 0.444 e. The summed E-state index contributed by atoms with van der Waals surface area (Å²) in [6.45, 7) is 5.05. The summed E-state index contributed by atoms with van der Waals surface area (Å²) >= 11 is 0. The average Bonchev–Trinajstić information content (AvgIpc) is 2.50. The number of carbonyl (C=O) groups is 1. The third-order valence-corrected chi connectivity index (χ3v) is 3.25. The predicted molar refractivity (Wildman–Crippen MR) is 89.2 cm³/mol. The number of rotatable bonds is 4. The van der Waals surface area contributed by atoms with Crippen LogP contribution >= 0.6 is 0 Å². The minimum absolute atomic E-state index is 0.158. The number of aliphatic hydroxyl groups excluding tert-OH is 2. The number of benzene rings is 1. The molecule has 0 saturated heterocycles. The minimum Gasteiger partial charge on any atom is -0.444 e. The van der Waals surface area contributed by atoms with E-state index in [1.807, 2.05) is 0 Å². The Morgan fingerprint density at radius 2 is 2.04 bits per heavy atom. The van der Waals surface area contributed by atoms with Gasteiger partial charge in [0, 0.05) is 11.9 Å². The zero-order chi connectivity index (χ0) is 17.9. The SMILES string of the molecule is CC(C)(C)OC(=O)NCC(O)C(O)c1ccc2ncnc(N)c2c1. The van der Waals surface area contributed by atoms with Crippen molar-refractivity contribution in [2.75, 3.05) is 12.3 Å². The first-order valence-corrected chi connectivity index (χ1v) is 7.50. The van der Waals surface area contributed by atoms with E-state index in [1.165, 1.54) is 6.33 Å². The Kier molecular flexibility index (Phi) is 5.20. The van der Waals surface area contributed by atoms with E-state index >= 15 is 0 Å². The molecule has 1 aromatic heterocycles. The molecule has 0 aliphatic carbocycles. The molecule has 24 heavy (non-hydrogen) atoms. The smallest absolute Gasteiger partial charge is 0.407 e. The van der Waals surface area contributed by atoms with Crippen molar-refractivity contribution >= 4 is 22.8 Å². The number of alkyl carbamates (subject to hydrolysis) is 1. The van der Waals surface area contributed by atoms with Gasteiger partial charge in [-0.15, -0.1) is 0 Å².